The highest BCUT2D eigenvalue weighted by molar-refractivity contribution is 5.75. The van der Waals surface area contributed by atoms with Gasteiger partial charge in [0.1, 0.15) is 11.5 Å². The summed E-state index contributed by atoms with van der Waals surface area (Å²) in [5.41, 5.74) is 0.870. The summed E-state index contributed by atoms with van der Waals surface area (Å²) in [7, 11) is 3.20. The third kappa shape index (κ3) is 5.74. The molecule has 1 fully saturated rings. The van der Waals surface area contributed by atoms with E-state index < -0.39 is 5.97 Å². The first kappa shape index (κ1) is 18.7. The number of amides is 2. The second-order valence-corrected chi connectivity index (χ2v) is 5.91. The van der Waals surface area contributed by atoms with Crippen LogP contribution >= 0.6 is 0 Å². The smallest absolute Gasteiger partial charge is 0.317 e. The highest BCUT2D eigenvalue weighted by atomic mass is 16.5. The monoisotopic (exact) mass is 351 g/mol. The molecule has 0 aliphatic carbocycles. The van der Waals surface area contributed by atoms with Crippen LogP contribution < -0.4 is 20.1 Å². The van der Waals surface area contributed by atoms with Crippen LogP contribution in [0.1, 0.15) is 19.3 Å². The van der Waals surface area contributed by atoms with E-state index in [-0.39, 0.29) is 25.0 Å². The zero-order chi connectivity index (χ0) is 18.2. The molecule has 0 saturated carbocycles. The molecule has 0 radical (unpaired) electrons. The maximum Gasteiger partial charge on any atom is 0.317 e. The van der Waals surface area contributed by atoms with Crippen LogP contribution in [0.2, 0.25) is 0 Å². The summed E-state index contributed by atoms with van der Waals surface area (Å²) in [6, 6.07) is 5.45. The van der Waals surface area contributed by atoms with Gasteiger partial charge in [-0.25, -0.2) is 4.79 Å². The SMILES string of the molecule is COc1cc(NC2CCCN(C(=O)NCCC(=O)O)C2)cc(OC)c1. The predicted molar refractivity (Wildman–Crippen MR) is 93.4 cm³/mol. The third-order valence-electron chi connectivity index (χ3n) is 4.05. The molecule has 1 aromatic rings. The quantitative estimate of drug-likeness (QED) is 0.692. The maximum atomic E-state index is 12.1. The van der Waals surface area contributed by atoms with Gasteiger partial charge in [0.25, 0.3) is 0 Å². The van der Waals surface area contributed by atoms with E-state index in [4.69, 9.17) is 14.6 Å². The van der Waals surface area contributed by atoms with Gasteiger partial charge in [0.15, 0.2) is 0 Å². The lowest BCUT2D eigenvalue weighted by Gasteiger charge is -2.33. The van der Waals surface area contributed by atoms with Crippen molar-refractivity contribution in [1.82, 2.24) is 10.2 Å². The van der Waals surface area contributed by atoms with Gasteiger partial charge in [-0.15, -0.1) is 0 Å². The average molecular weight is 351 g/mol. The van der Waals surface area contributed by atoms with Gasteiger partial charge in [-0.2, -0.15) is 0 Å². The van der Waals surface area contributed by atoms with Crippen LogP contribution in [0.15, 0.2) is 18.2 Å². The first-order chi connectivity index (χ1) is 12.0. The number of piperidine rings is 1. The van der Waals surface area contributed by atoms with Crippen LogP contribution in [-0.4, -0.2) is 61.9 Å². The lowest BCUT2D eigenvalue weighted by Crippen LogP contribution is -2.49. The minimum absolute atomic E-state index is 0.0785. The number of rotatable bonds is 7. The Kier molecular flexibility index (Phi) is 6.73. The molecule has 0 spiro atoms. The Bertz CT molecular complexity index is 586. The number of nitrogens with zero attached hydrogens (tertiary/aromatic N) is 1. The van der Waals surface area contributed by atoms with Crippen molar-refractivity contribution in [1.29, 1.82) is 0 Å². The molecular formula is C17H25N3O5. The molecule has 25 heavy (non-hydrogen) atoms. The van der Waals surface area contributed by atoms with Crippen LogP contribution in [0.25, 0.3) is 0 Å². The summed E-state index contributed by atoms with van der Waals surface area (Å²) in [6.07, 6.45) is 1.74. The fourth-order valence-electron chi connectivity index (χ4n) is 2.79. The number of carbonyl (C=O) groups excluding carboxylic acids is 1. The van der Waals surface area contributed by atoms with Gasteiger partial charge in [0, 0.05) is 49.6 Å². The molecule has 1 atom stereocenters. The Morgan fingerprint density at radius 1 is 1.24 bits per heavy atom. The number of aliphatic carboxylic acids is 1. The molecule has 8 nitrogen and oxygen atoms in total. The maximum absolute atomic E-state index is 12.1. The van der Waals surface area contributed by atoms with Gasteiger partial charge in [0.05, 0.1) is 20.6 Å². The predicted octanol–water partition coefficient (Wildman–Crippen LogP) is 1.76. The number of carboxylic acid groups (broad SMARTS) is 1. The molecule has 1 aliphatic heterocycles. The van der Waals surface area contributed by atoms with Crippen molar-refractivity contribution in [2.24, 2.45) is 0 Å². The van der Waals surface area contributed by atoms with Gasteiger partial charge >= 0.3 is 12.0 Å². The lowest BCUT2D eigenvalue weighted by atomic mass is 10.1. The number of hydrogen-bond acceptors (Lipinski definition) is 5. The number of urea groups is 1. The first-order valence-corrected chi connectivity index (χ1v) is 8.26. The molecule has 0 bridgehead atoms. The average Bonchev–Trinajstić information content (AvgIpc) is 2.61. The van der Waals surface area contributed by atoms with Gasteiger partial charge in [-0.3, -0.25) is 4.79 Å². The van der Waals surface area contributed by atoms with Gasteiger partial charge in [-0.05, 0) is 12.8 Å². The van der Waals surface area contributed by atoms with E-state index in [0.717, 1.165) is 18.5 Å². The molecular weight excluding hydrogens is 326 g/mol. The number of ether oxygens (including phenoxy) is 2. The van der Waals surface area contributed by atoms with Crippen LogP contribution in [0, 0.1) is 0 Å². The van der Waals surface area contributed by atoms with E-state index in [2.05, 4.69) is 10.6 Å². The fourth-order valence-corrected chi connectivity index (χ4v) is 2.79. The number of hydrogen-bond donors (Lipinski definition) is 3. The second-order valence-electron chi connectivity index (χ2n) is 5.91. The summed E-state index contributed by atoms with van der Waals surface area (Å²) < 4.78 is 10.5. The van der Waals surface area contributed by atoms with E-state index >= 15 is 0 Å². The molecule has 0 aromatic heterocycles. The molecule has 1 saturated heterocycles. The van der Waals surface area contributed by atoms with Crippen LogP contribution in [0.5, 0.6) is 11.5 Å². The fraction of sp³-hybridized carbons (Fsp3) is 0.529. The summed E-state index contributed by atoms with van der Waals surface area (Å²) in [5.74, 6) is 0.465. The number of methoxy groups -OCH3 is 2. The molecule has 1 aliphatic rings. The highest BCUT2D eigenvalue weighted by Crippen LogP contribution is 2.27. The van der Waals surface area contributed by atoms with Crippen molar-refractivity contribution in [2.75, 3.05) is 39.2 Å². The Morgan fingerprint density at radius 2 is 1.92 bits per heavy atom. The van der Waals surface area contributed by atoms with E-state index in [1.54, 1.807) is 25.2 Å². The van der Waals surface area contributed by atoms with Crippen LogP contribution in [0.3, 0.4) is 0 Å². The van der Waals surface area contributed by atoms with E-state index in [1.807, 2.05) is 12.1 Å². The standard InChI is InChI=1S/C17H25N3O5/c1-24-14-8-13(9-15(10-14)25-2)19-12-4-3-7-20(11-12)17(23)18-6-5-16(21)22/h8-10,12,19H,3-7,11H2,1-2H3,(H,18,23)(H,21,22). The molecule has 1 heterocycles. The second kappa shape index (κ2) is 9.00. The lowest BCUT2D eigenvalue weighted by molar-refractivity contribution is -0.136. The molecule has 1 unspecified atom stereocenters. The minimum atomic E-state index is -0.926. The highest BCUT2D eigenvalue weighted by Gasteiger charge is 2.23. The van der Waals surface area contributed by atoms with Crippen molar-refractivity contribution in [3.8, 4) is 11.5 Å². The van der Waals surface area contributed by atoms with Crippen molar-refractivity contribution in [3.05, 3.63) is 18.2 Å². The van der Waals surface area contributed by atoms with Crippen molar-refractivity contribution in [3.63, 3.8) is 0 Å². The van der Waals surface area contributed by atoms with Crippen LogP contribution in [0.4, 0.5) is 10.5 Å². The first-order valence-electron chi connectivity index (χ1n) is 8.26. The summed E-state index contributed by atoms with van der Waals surface area (Å²) in [6.45, 7) is 1.35. The third-order valence-corrected chi connectivity index (χ3v) is 4.05. The van der Waals surface area contributed by atoms with Gasteiger partial charge in [0.2, 0.25) is 0 Å². The number of carbonyl (C=O) groups is 2. The zero-order valence-electron chi connectivity index (χ0n) is 14.6. The number of carboxylic acids is 1. The molecule has 3 N–H and O–H groups in total. The van der Waals surface area contributed by atoms with Crippen molar-refractivity contribution in [2.45, 2.75) is 25.3 Å². The summed E-state index contributed by atoms with van der Waals surface area (Å²) >= 11 is 0. The Labute approximate surface area is 147 Å². The molecule has 2 rings (SSSR count). The van der Waals surface area contributed by atoms with Crippen LogP contribution in [-0.2, 0) is 4.79 Å². The minimum Gasteiger partial charge on any atom is -0.497 e. The normalized spacial score (nSPS) is 16.9. The zero-order valence-corrected chi connectivity index (χ0v) is 14.6. The summed E-state index contributed by atoms with van der Waals surface area (Å²) in [4.78, 5) is 24.4. The van der Waals surface area contributed by atoms with E-state index in [1.165, 1.54) is 0 Å². The number of benzene rings is 1. The van der Waals surface area contributed by atoms with Gasteiger partial charge in [-0.1, -0.05) is 0 Å². The van der Waals surface area contributed by atoms with Crippen molar-refractivity contribution >= 4 is 17.7 Å². The summed E-state index contributed by atoms with van der Waals surface area (Å²) in [5, 5.41) is 14.7. The Hall–Kier alpha value is -2.64. The number of nitrogens with one attached hydrogen (secondary N) is 2. The topological polar surface area (TPSA) is 100 Å². The number of anilines is 1. The van der Waals surface area contributed by atoms with Crippen molar-refractivity contribution < 1.29 is 24.2 Å². The molecule has 2 amide bonds. The molecule has 1 aromatic carbocycles. The van der Waals surface area contributed by atoms with Gasteiger partial charge < -0.3 is 30.1 Å². The van der Waals surface area contributed by atoms with E-state index in [9.17, 15) is 9.59 Å². The molecule has 8 heteroatoms. The Morgan fingerprint density at radius 3 is 2.52 bits per heavy atom. The largest absolute Gasteiger partial charge is 0.497 e. The van der Waals surface area contributed by atoms with E-state index in [0.29, 0.717) is 24.6 Å². The molecule has 138 valence electrons. The Balaban J connectivity index is 1.92. The number of likely N-dealkylation sites (tertiary alicyclic amines) is 1.